The molecule has 8 unspecified atom stereocenters. The average Bonchev–Trinajstić information content (AvgIpc) is 1.64. The summed E-state index contributed by atoms with van der Waals surface area (Å²) in [6.45, 7) is 0. The molecule has 0 aromatic rings. The first kappa shape index (κ1) is 103. The molecule has 25 fully saturated rings. The minimum atomic E-state index is 0.972. The van der Waals surface area contributed by atoms with Crippen LogP contribution in [0.2, 0.25) is 0 Å². The van der Waals surface area contributed by atoms with Crippen molar-refractivity contribution in [3.8, 4) is 0 Å². The van der Waals surface area contributed by atoms with Gasteiger partial charge in [-0.1, -0.05) is 508 Å². The van der Waals surface area contributed by atoms with E-state index in [1.807, 2.05) is 0 Å². The van der Waals surface area contributed by atoms with Gasteiger partial charge in [-0.15, -0.1) is 0 Å². The zero-order valence-corrected chi connectivity index (χ0v) is 83.7. The summed E-state index contributed by atoms with van der Waals surface area (Å²) in [4.78, 5) is 0. The lowest BCUT2D eigenvalue weighted by atomic mass is 9.65. The van der Waals surface area contributed by atoms with Crippen LogP contribution in [0, 0.1) is 118 Å². The van der Waals surface area contributed by atoms with Crippen molar-refractivity contribution in [3.05, 3.63) is 97.2 Å². The van der Waals surface area contributed by atoms with E-state index < -0.39 is 0 Å². The summed E-state index contributed by atoms with van der Waals surface area (Å²) < 4.78 is 0. The van der Waals surface area contributed by atoms with Crippen LogP contribution in [0.1, 0.15) is 571 Å². The average molecular weight is 1720 g/mol. The number of hydrogen-bond donors (Lipinski definition) is 0. The second-order valence-electron chi connectivity index (χ2n) is 47.2. The van der Waals surface area contributed by atoms with Gasteiger partial charge in [0.2, 0.25) is 0 Å². The Kier molecular flexibility index (Phi) is 55.6. The van der Waals surface area contributed by atoms with Crippen molar-refractivity contribution in [1.29, 1.82) is 0 Å². The first-order chi connectivity index (χ1) is 62.1. The predicted octanol–water partition coefficient (Wildman–Crippen LogP) is 41.6. The molecule has 125 heavy (non-hydrogen) atoms. The Labute approximate surface area is 781 Å². The summed E-state index contributed by atoms with van der Waals surface area (Å²) in [5.74, 6) is 22.9. The van der Waals surface area contributed by atoms with E-state index >= 15 is 0 Å². The quantitative estimate of drug-likeness (QED) is 0.168. The van der Waals surface area contributed by atoms with E-state index in [-0.39, 0.29) is 0 Å². The standard InChI is InChI=1S/C10H18.C9H16.C9H14.2C8H14.C8H12.2C7H12.C7H14.C6H10.C6H12.C6H10.2C6H8.C5H8.C5H10.C5H8.C4H8.C3H6/c1-2-6-10-8-4-3-7-9(10)5-1;2*1-2-5-9-7-3-6-8(9)4-1;1-3-7-5-2-6-8(7)4-1;2*1-2-8-5-3-7(1)4-6-8;1-2-7-4-3-6(1)5-7;1-2-6-4-7(3-1)5-6;1-2-4-6-7-5-3-1;1-2-5-4-6(5)3-1;4*1-2-4-6-5-3-1;1-2-5-3-4(1)5;2*1-2-4-5-3-1;1-2-4-3-1;1-2-3-1/h9-10H,1-8H2;8-9H,1-7H2;3,6,8-9H,1-2,4-5,7H2;2*7-8H,1-6H2;1-2,7-8H,3-6H2;2*6-7H,1-5H2;1-7H2;5-6H,1-4H2;1-6H2;1-2H,3-6H2;1-2,5-6H,3-4H2;1-4H,5-6H2;4-5H,1-3H2;1-5H2;1-2H,3-5H2;1-4H2;1-3H2. The Morgan fingerprint density at radius 3 is 0.560 bits per heavy atom. The topological polar surface area (TPSA) is 0 Å². The monoisotopic (exact) mass is 1720 g/mol. The van der Waals surface area contributed by atoms with Gasteiger partial charge in [-0.25, -0.2) is 0 Å². The van der Waals surface area contributed by atoms with Gasteiger partial charge in [0.15, 0.2) is 0 Å². The highest BCUT2D eigenvalue weighted by molar-refractivity contribution is 5.08. The molecule has 0 nitrogen and oxygen atoms in total. The highest BCUT2D eigenvalue weighted by Gasteiger charge is 2.45. The van der Waals surface area contributed by atoms with Gasteiger partial charge in [-0.05, 0) is 279 Å². The summed E-state index contributed by atoms with van der Waals surface area (Å²) in [7, 11) is 0. The van der Waals surface area contributed by atoms with Crippen LogP contribution in [0.25, 0.3) is 0 Å². The van der Waals surface area contributed by atoms with Crippen LogP contribution < -0.4 is 0 Å². The lowest BCUT2D eigenvalue weighted by molar-refractivity contribution is 0.116. The van der Waals surface area contributed by atoms with Gasteiger partial charge in [0.1, 0.15) is 0 Å². The highest BCUT2D eigenvalue weighted by atomic mass is 14.5. The van der Waals surface area contributed by atoms with Gasteiger partial charge in [-0.3, -0.25) is 0 Å². The maximum Gasteiger partial charge on any atom is -0.0169 e. The predicted molar refractivity (Wildman–Crippen MR) is 554 cm³/mol. The van der Waals surface area contributed by atoms with Gasteiger partial charge in [0, 0.05) is 0 Å². The summed E-state index contributed by atoms with van der Waals surface area (Å²) in [6, 6.07) is 0. The molecular weight excluding hydrogens is 1500 g/mol. The maximum absolute atomic E-state index is 2.43. The van der Waals surface area contributed by atoms with E-state index in [0.717, 1.165) is 60.2 Å². The van der Waals surface area contributed by atoms with Crippen molar-refractivity contribution in [3.63, 3.8) is 0 Å². The molecule has 32 aliphatic carbocycles. The Bertz CT molecular complexity index is 2550. The Balaban J connectivity index is 0.000000129. The summed E-state index contributed by atoms with van der Waals surface area (Å²) in [5, 5.41) is 0. The summed E-state index contributed by atoms with van der Waals surface area (Å²) in [5.41, 5.74) is 0. The van der Waals surface area contributed by atoms with E-state index in [9.17, 15) is 0 Å². The lowest BCUT2D eigenvalue weighted by Crippen LogP contribution is -2.28. The van der Waals surface area contributed by atoms with Crippen LogP contribution in [0.5, 0.6) is 0 Å². The van der Waals surface area contributed by atoms with Crippen molar-refractivity contribution >= 4 is 0 Å². The summed E-state index contributed by atoms with van der Waals surface area (Å²) in [6.07, 6.45) is 169. The molecule has 32 aliphatic rings. The van der Waals surface area contributed by atoms with Crippen molar-refractivity contribution in [1.82, 2.24) is 0 Å². The smallest absolute Gasteiger partial charge is 0.0169 e. The van der Waals surface area contributed by atoms with E-state index in [1.54, 1.807) is 212 Å². The third kappa shape index (κ3) is 47.1. The van der Waals surface area contributed by atoms with Gasteiger partial charge in [0.25, 0.3) is 0 Å². The molecule has 8 atom stereocenters. The molecule has 0 heterocycles. The van der Waals surface area contributed by atoms with Crippen LogP contribution in [0.3, 0.4) is 0 Å². The molecule has 0 aromatic carbocycles. The first-order valence-electron chi connectivity index (χ1n) is 59.4. The highest BCUT2D eigenvalue weighted by Crippen LogP contribution is 2.56. The number of hydrogen-bond acceptors (Lipinski definition) is 0. The second kappa shape index (κ2) is 67.2. The number of allylic oxidation sites excluding steroid dienone is 16. The van der Waals surface area contributed by atoms with Crippen LogP contribution in [0.4, 0.5) is 0 Å². The van der Waals surface area contributed by atoms with E-state index in [4.69, 9.17) is 0 Å². The Morgan fingerprint density at radius 1 is 0.128 bits per heavy atom. The Hall–Kier alpha value is -2.08. The molecule has 8 bridgehead atoms. The molecule has 0 radical (unpaired) electrons. The molecule has 0 N–H and O–H groups in total. The zero-order valence-electron chi connectivity index (χ0n) is 83.7. The fraction of sp³-hybridized carbons (Fsp3) is 0.872. The van der Waals surface area contributed by atoms with Crippen LogP contribution in [0.15, 0.2) is 97.2 Å². The Morgan fingerprint density at radius 2 is 0.384 bits per heavy atom. The fourth-order valence-corrected chi connectivity index (χ4v) is 27.3. The third-order valence-corrected chi connectivity index (χ3v) is 36.9. The second-order valence-corrected chi connectivity index (χ2v) is 47.2. The molecule has 0 heteroatoms. The van der Waals surface area contributed by atoms with Gasteiger partial charge in [0.05, 0.1) is 0 Å². The minimum absolute atomic E-state index is 0.972. The largest absolute Gasteiger partial charge is 0.0885 e. The van der Waals surface area contributed by atoms with Crippen molar-refractivity contribution in [2.75, 3.05) is 0 Å². The van der Waals surface area contributed by atoms with Crippen molar-refractivity contribution in [2.24, 2.45) is 118 Å². The minimum Gasteiger partial charge on any atom is -0.0885 e. The molecular formula is C125H214. The number of rotatable bonds is 0. The first-order valence-corrected chi connectivity index (χ1v) is 59.4. The fourth-order valence-electron chi connectivity index (χ4n) is 27.3. The molecule has 714 valence electrons. The normalized spacial score (nSPS) is 36.4. The summed E-state index contributed by atoms with van der Waals surface area (Å²) >= 11 is 0. The molecule has 25 saturated carbocycles. The molecule has 0 spiro atoms. The van der Waals surface area contributed by atoms with Crippen LogP contribution in [-0.2, 0) is 0 Å². The maximum atomic E-state index is 2.43. The van der Waals surface area contributed by atoms with Gasteiger partial charge >= 0.3 is 0 Å². The van der Waals surface area contributed by atoms with Crippen molar-refractivity contribution in [2.45, 2.75) is 571 Å². The lowest BCUT2D eigenvalue weighted by Gasteiger charge is -2.40. The van der Waals surface area contributed by atoms with E-state index in [0.29, 0.717) is 0 Å². The van der Waals surface area contributed by atoms with E-state index in [1.165, 1.54) is 418 Å². The molecule has 0 aliphatic heterocycles. The molecule has 0 saturated heterocycles. The third-order valence-electron chi connectivity index (χ3n) is 36.9. The molecule has 32 rings (SSSR count). The number of fused-ring (bicyclic) bond motifs is 15. The van der Waals surface area contributed by atoms with Crippen LogP contribution in [-0.4, -0.2) is 0 Å². The van der Waals surface area contributed by atoms with Gasteiger partial charge < -0.3 is 0 Å². The SMILES string of the molecule is C1=CC2CCC1CC2.C1=CC2CCCCC2C1.C1=CCC=CC1.C1=CCCC1.C1=CCCC=C1.C1=CCCCC1.C1CC1.C1CC2CC(C1)C2.C1CC2CC12.C1CC2CC2C1.C1CC2CCC1C2.C1CC2CCC1CC2.C1CC2CCCC2C1.C1CCC1.C1CCC2CCCC2C1.C1CCC2CCCCC2C1.C1CCCC1.C1CCCCC1.C1CCCCCC1. The van der Waals surface area contributed by atoms with E-state index in [2.05, 4.69) is 97.2 Å². The van der Waals surface area contributed by atoms with Gasteiger partial charge in [-0.2, -0.15) is 0 Å². The van der Waals surface area contributed by atoms with Crippen LogP contribution >= 0.6 is 0 Å². The van der Waals surface area contributed by atoms with Crippen molar-refractivity contribution < 1.29 is 0 Å². The molecule has 0 amide bonds. The molecule has 0 aromatic heterocycles. The zero-order chi connectivity index (χ0) is 85.8.